The molecule has 0 aliphatic heterocycles. The van der Waals surface area contributed by atoms with E-state index in [0.29, 0.717) is 0 Å². The topological polar surface area (TPSA) is 37.3 Å². The number of hydrogen-bond donors (Lipinski definition) is 1. The molecule has 2 nitrogen and oxygen atoms in total. The minimum Gasteiger partial charge on any atom is -0.545 e. The van der Waals surface area contributed by atoms with Gasteiger partial charge in [-0.3, -0.25) is 6.77 Å². The van der Waals surface area contributed by atoms with Crippen LogP contribution in [0.4, 0.5) is 0 Å². The van der Waals surface area contributed by atoms with Crippen LogP contribution >= 0.6 is 0 Å². The fourth-order valence-corrected chi connectivity index (χ4v) is 0. The fraction of sp³-hybridized carbons (Fsp3) is 0.667. The zero-order valence-electron chi connectivity index (χ0n) is 3.38. The molecule has 3 radical (unpaired) electrons. The van der Waals surface area contributed by atoms with Crippen molar-refractivity contribution in [2.45, 2.75) is 14.9 Å². The average Bonchev–Trinajstić information content (AvgIpc) is 1.46. The molecule has 7 heavy (non-hydrogen) atoms. The molecule has 0 aliphatic carbocycles. The monoisotopic (exact) mass is 141 g/mol. The standard InChI is InChI=1S/CHO.2CH4.BHO.V/c1-2;;;1-2;/h1H;2*1H4;2H;/q-1;;;;/i1D;;;;. The molecule has 0 unspecified atom stereocenters. The Morgan fingerprint density at radius 3 is 1.57 bits per heavy atom. The molecule has 1 N–H and O–H groups in total. The van der Waals surface area contributed by atoms with Gasteiger partial charge in [-0.25, -0.2) is 0 Å². The van der Waals surface area contributed by atoms with Gasteiger partial charge in [0.05, 0.1) is 0 Å². The molecule has 0 fully saturated rings. The summed E-state index contributed by atoms with van der Waals surface area (Å²) in [7, 11) is 3.50. The summed E-state index contributed by atoms with van der Waals surface area (Å²) in [6, 6.07) is 0. The van der Waals surface area contributed by atoms with Crippen LogP contribution in [0.3, 0.4) is 0 Å². The van der Waals surface area contributed by atoms with Crippen molar-refractivity contribution in [1.82, 2.24) is 0 Å². The van der Waals surface area contributed by atoms with Crippen molar-refractivity contribution in [3.8, 4) is 0 Å². The average molecular weight is 141 g/mol. The maximum atomic E-state index is 8.35. The van der Waals surface area contributed by atoms with Gasteiger partial charge in [0.2, 0.25) is 0 Å². The quantitative estimate of drug-likeness (QED) is 0.294. The largest absolute Gasteiger partial charge is 0.545 e. The molecule has 0 aromatic heterocycles. The molecular formula is C3H10BO2V-. The summed E-state index contributed by atoms with van der Waals surface area (Å²) in [6.45, 7) is 0.750. The van der Waals surface area contributed by atoms with Crippen molar-refractivity contribution in [3.05, 3.63) is 0 Å². The Morgan fingerprint density at radius 2 is 1.57 bits per heavy atom. The van der Waals surface area contributed by atoms with Gasteiger partial charge < -0.3 is 9.82 Å². The summed E-state index contributed by atoms with van der Waals surface area (Å²) in [6.07, 6.45) is 0. The van der Waals surface area contributed by atoms with Crippen molar-refractivity contribution >= 4 is 14.8 Å². The van der Waals surface area contributed by atoms with Crippen LogP contribution in [0.1, 0.15) is 16.2 Å². The molecule has 0 saturated carbocycles. The summed E-state index contributed by atoms with van der Waals surface area (Å²) >= 11 is 0. The molecule has 0 aromatic rings. The van der Waals surface area contributed by atoms with Crippen LogP contribution in [-0.2, 0) is 23.4 Å². The number of carbonyl (C=O) groups excluding carboxylic acids is 1. The van der Waals surface area contributed by atoms with Crippen LogP contribution in [-0.4, -0.2) is 19.8 Å². The van der Waals surface area contributed by atoms with Gasteiger partial charge >= 0.3 is 0 Å². The zero-order valence-corrected chi connectivity index (χ0v) is 3.78. The minimum absolute atomic E-state index is 0. The summed E-state index contributed by atoms with van der Waals surface area (Å²) in [5, 5.41) is 6.50. The van der Waals surface area contributed by atoms with Crippen LogP contribution in [0.25, 0.3) is 0 Å². The fourth-order valence-electron chi connectivity index (χ4n) is 0. The van der Waals surface area contributed by atoms with Crippen LogP contribution < -0.4 is 0 Å². The first-order valence-corrected chi connectivity index (χ1v) is 0.462. The predicted octanol–water partition coefficient (Wildman–Crippen LogP) is 0.0578. The Balaban J connectivity index is -0.00000000567. The molecule has 0 rings (SSSR count). The zero-order chi connectivity index (χ0) is 4.71. The van der Waals surface area contributed by atoms with E-state index in [0.717, 1.165) is 6.77 Å². The van der Waals surface area contributed by atoms with E-state index in [9.17, 15) is 0 Å². The maximum Gasteiger partial charge on any atom is 0.277 e. The van der Waals surface area contributed by atoms with E-state index in [2.05, 4.69) is 8.05 Å². The van der Waals surface area contributed by atoms with Gasteiger partial charge in [0.1, 0.15) is 0 Å². The van der Waals surface area contributed by atoms with Gasteiger partial charge in [-0.2, -0.15) is 1.37 Å². The molecule has 0 saturated heterocycles. The third-order valence-corrected chi connectivity index (χ3v) is 0. The SMILES string of the molecule is C.C.[2H][C-]=O.[B]O.[V]. The minimum atomic E-state index is 0. The molecule has 0 atom stereocenters. The van der Waals surface area contributed by atoms with Gasteiger partial charge in [-0.1, -0.05) is 14.9 Å². The number of hydrogen-bond acceptors (Lipinski definition) is 2. The normalized spacial score (nSPS) is 2.71. The first kappa shape index (κ1) is 26.7. The van der Waals surface area contributed by atoms with E-state index in [-0.39, 0.29) is 33.4 Å². The van der Waals surface area contributed by atoms with E-state index < -0.39 is 0 Å². The summed E-state index contributed by atoms with van der Waals surface area (Å²) in [5.41, 5.74) is 0. The third kappa shape index (κ3) is 1470. The van der Waals surface area contributed by atoms with Crippen molar-refractivity contribution < 1.29 is 29.7 Å². The van der Waals surface area contributed by atoms with Crippen LogP contribution in [0.2, 0.25) is 0 Å². The van der Waals surface area contributed by atoms with Crippen molar-refractivity contribution in [3.63, 3.8) is 0 Å². The molecule has 0 amide bonds. The van der Waals surface area contributed by atoms with Gasteiger partial charge in [0, 0.05) is 18.6 Å². The second-order valence-corrected chi connectivity index (χ2v) is 0. The van der Waals surface area contributed by atoms with Gasteiger partial charge in [-0.15, -0.1) is 0 Å². The van der Waals surface area contributed by atoms with Gasteiger partial charge in [0.25, 0.3) is 8.05 Å². The summed E-state index contributed by atoms with van der Waals surface area (Å²) in [4.78, 5) is 8.35. The Kier molecular flexibility index (Phi) is 8550. The second-order valence-electron chi connectivity index (χ2n) is 0. The first-order chi connectivity index (χ1) is 2.41. The van der Waals surface area contributed by atoms with Crippen LogP contribution in [0.5, 0.6) is 0 Å². The molecule has 43 valence electrons. The molecule has 0 aliphatic rings. The predicted molar refractivity (Wildman–Crippen MR) is 28.2 cm³/mol. The Bertz CT molecular complexity index is 24.8. The summed E-state index contributed by atoms with van der Waals surface area (Å²) < 4.78 is 5.40. The number of rotatable bonds is 0. The summed E-state index contributed by atoms with van der Waals surface area (Å²) in [5.74, 6) is 0. The molecular weight excluding hydrogens is 130 g/mol. The van der Waals surface area contributed by atoms with Crippen LogP contribution in [0.15, 0.2) is 0 Å². The van der Waals surface area contributed by atoms with Crippen LogP contribution in [0, 0.1) is 0 Å². The second kappa shape index (κ2) is 2240. The van der Waals surface area contributed by atoms with E-state index in [1.54, 1.807) is 0 Å². The molecule has 0 aromatic carbocycles. The van der Waals surface area contributed by atoms with Crippen molar-refractivity contribution in [2.75, 3.05) is 0 Å². The smallest absolute Gasteiger partial charge is 0.277 e. The third-order valence-electron chi connectivity index (χ3n) is 0. The molecule has 0 heterocycles. The van der Waals surface area contributed by atoms with Crippen molar-refractivity contribution in [2.24, 2.45) is 0 Å². The Labute approximate surface area is 60.0 Å². The van der Waals surface area contributed by atoms with Gasteiger partial charge in [-0.05, 0) is 0 Å². The van der Waals surface area contributed by atoms with Crippen molar-refractivity contribution in [1.29, 1.82) is 0 Å². The molecule has 0 bridgehead atoms. The molecule has 0 spiro atoms. The van der Waals surface area contributed by atoms with E-state index >= 15 is 0 Å². The Hall–Kier alpha value is 0.279. The van der Waals surface area contributed by atoms with E-state index in [4.69, 9.17) is 11.2 Å². The van der Waals surface area contributed by atoms with Gasteiger partial charge in [0.15, 0.2) is 0 Å². The first-order valence-electron chi connectivity index (χ1n) is 0.962. The molecule has 4 heteroatoms. The van der Waals surface area contributed by atoms with E-state index in [1.165, 1.54) is 0 Å². The Morgan fingerprint density at radius 1 is 1.57 bits per heavy atom. The van der Waals surface area contributed by atoms with E-state index in [1.807, 2.05) is 0 Å². The maximum absolute atomic E-state index is 8.35.